The van der Waals surface area contributed by atoms with E-state index in [1.54, 1.807) is 11.4 Å². The van der Waals surface area contributed by atoms with Crippen molar-refractivity contribution in [2.75, 3.05) is 25.0 Å². The highest BCUT2D eigenvalue weighted by Gasteiger charge is 2.18. The average molecular weight is 376 g/mol. The maximum absolute atomic E-state index is 12.2. The highest BCUT2D eigenvalue weighted by Crippen LogP contribution is 2.25. The summed E-state index contributed by atoms with van der Waals surface area (Å²) in [4.78, 5) is 25.5. The number of aliphatic hydroxyl groups is 1. The molecule has 1 aliphatic heterocycles. The predicted octanol–water partition coefficient (Wildman–Crippen LogP) is 2.16. The maximum Gasteiger partial charge on any atom is 0.348 e. The second kappa shape index (κ2) is 8.31. The van der Waals surface area contributed by atoms with Gasteiger partial charge in [0.25, 0.3) is 0 Å². The van der Waals surface area contributed by atoms with Crippen LogP contribution in [0.15, 0.2) is 29.6 Å². The topological polar surface area (TPSA) is 99.1 Å². The monoisotopic (exact) mass is 376 g/mol. The Labute approximate surface area is 154 Å². The number of carboxylic acids is 1. The van der Waals surface area contributed by atoms with Gasteiger partial charge < -0.3 is 20.3 Å². The standard InChI is InChI=1S/C18H20N2O5S/c21-11-12-1-2-15-13(9-12)10-20(6-7-25-15)5-3-16(22)19-14-4-8-26-17(14)18(23)24/h1-2,4,8-9,21H,3,5-7,10-11H2,(H,19,22)(H,23,24). The summed E-state index contributed by atoms with van der Waals surface area (Å²) in [6.07, 6.45) is 0.254. The van der Waals surface area contributed by atoms with Gasteiger partial charge in [0.05, 0.1) is 12.3 Å². The van der Waals surface area contributed by atoms with Crippen molar-refractivity contribution in [1.82, 2.24) is 4.90 Å². The van der Waals surface area contributed by atoms with Crippen LogP contribution in [0.5, 0.6) is 5.75 Å². The van der Waals surface area contributed by atoms with Gasteiger partial charge in [-0.1, -0.05) is 6.07 Å². The van der Waals surface area contributed by atoms with Crippen molar-refractivity contribution in [1.29, 1.82) is 0 Å². The molecule has 0 unspecified atom stereocenters. The number of benzene rings is 1. The fourth-order valence-corrected chi connectivity index (χ4v) is 3.52. The smallest absolute Gasteiger partial charge is 0.348 e. The average Bonchev–Trinajstić information content (AvgIpc) is 2.98. The second-order valence-corrected chi connectivity index (χ2v) is 6.91. The molecule has 1 amide bonds. The number of nitrogens with one attached hydrogen (secondary N) is 1. The van der Waals surface area contributed by atoms with Gasteiger partial charge in [0.1, 0.15) is 17.2 Å². The van der Waals surface area contributed by atoms with Crippen LogP contribution < -0.4 is 10.1 Å². The van der Waals surface area contributed by atoms with Crippen molar-refractivity contribution in [3.8, 4) is 5.75 Å². The number of thiophene rings is 1. The molecule has 3 N–H and O–H groups in total. The SMILES string of the molecule is O=C(CCN1CCOc2ccc(CO)cc2C1)Nc1ccsc1C(=O)O. The highest BCUT2D eigenvalue weighted by molar-refractivity contribution is 7.12. The lowest BCUT2D eigenvalue weighted by Gasteiger charge is -2.19. The van der Waals surface area contributed by atoms with Crippen LogP contribution in [0.2, 0.25) is 0 Å². The molecule has 3 rings (SSSR count). The number of hydrogen-bond acceptors (Lipinski definition) is 6. The molecule has 0 aliphatic carbocycles. The number of hydrogen-bond donors (Lipinski definition) is 3. The van der Waals surface area contributed by atoms with E-state index < -0.39 is 5.97 Å². The zero-order chi connectivity index (χ0) is 18.5. The Bertz CT molecular complexity index is 805. The number of amides is 1. The second-order valence-electron chi connectivity index (χ2n) is 5.99. The number of carbonyl (C=O) groups excluding carboxylic acids is 1. The summed E-state index contributed by atoms with van der Waals surface area (Å²) in [5.74, 6) is -0.463. The zero-order valence-corrected chi connectivity index (χ0v) is 14.9. The molecule has 0 fully saturated rings. The molecule has 0 saturated carbocycles. The molecule has 8 heteroatoms. The lowest BCUT2D eigenvalue weighted by Crippen LogP contribution is -2.29. The lowest BCUT2D eigenvalue weighted by molar-refractivity contribution is -0.116. The fourth-order valence-electron chi connectivity index (χ4n) is 2.84. The summed E-state index contributed by atoms with van der Waals surface area (Å²) in [5.41, 5.74) is 2.15. The van der Waals surface area contributed by atoms with Gasteiger partial charge in [0, 0.05) is 31.6 Å². The van der Waals surface area contributed by atoms with E-state index in [2.05, 4.69) is 10.2 Å². The van der Waals surface area contributed by atoms with Crippen LogP contribution in [0.1, 0.15) is 27.2 Å². The molecule has 7 nitrogen and oxygen atoms in total. The Hall–Kier alpha value is -2.42. The molecular weight excluding hydrogens is 356 g/mol. The van der Waals surface area contributed by atoms with Gasteiger partial charge >= 0.3 is 5.97 Å². The number of aliphatic hydroxyl groups excluding tert-OH is 1. The maximum atomic E-state index is 12.2. The Balaban J connectivity index is 1.57. The van der Waals surface area contributed by atoms with Crippen LogP contribution in [0, 0.1) is 0 Å². The van der Waals surface area contributed by atoms with E-state index in [9.17, 15) is 14.7 Å². The van der Waals surface area contributed by atoms with E-state index in [1.807, 2.05) is 18.2 Å². The van der Waals surface area contributed by atoms with Crippen LogP contribution in [-0.2, 0) is 17.9 Å². The van der Waals surface area contributed by atoms with E-state index in [1.165, 1.54) is 0 Å². The summed E-state index contributed by atoms with van der Waals surface area (Å²) in [7, 11) is 0. The van der Waals surface area contributed by atoms with E-state index in [-0.39, 0.29) is 23.8 Å². The minimum atomic E-state index is -1.05. The number of ether oxygens (including phenoxy) is 1. The summed E-state index contributed by atoms with van der Waals surface area (Å²) < 4.78 is 5.72. The van der Waals surface area contributed by atoms with Gasteiger partial charge in [0.15, 0.2) is 0 Å². The number of nitrogens with zero attached hydrogens (tertiary/aromatic N) is 1. The molecule has 1 aromatic heterocycles. The van der Waals surface area contributed by atoms with Crippen molar-refractivity contribution in [2.24, 2.45) is 0 Å². The molecule has 138 valence electrons. The van der Waals surface area contributed by atoms with E-state index >= 15 is 0 Å². The largest absolute Gasteiger partial charge is 0.492 e. The number of anilines is 1. The molecule has 1 aromatic carbocycles. The van der Waals surface area contributed by atoms with Crippen LogP contribution >= 0.6 is 11.3 Å². The first-order valence-electron chi connectivity index (χ1n) is 8.25. The number of aromatic carboxylic acids is 1. The molecule has 2 heterocycles. The van der Waals surface area contributed by atoms with Gasteiger partial charge in [-0.05, 0) is 29.1 Å². The van der Waals surface area contributed by atoms with Crippen LogP contribution in [-0.4, -0.2) is 46.7 Å². The van der Waals surface area contributed by atoms with Crippen LogP contribution in [0.4, 0.5) is 5.69 Å². The highest BCUT2D eigenvalue weighted by atomic mass is 32.1. The van der Waals surface area contributed by atoms with Crippen molar-refractivity contribution in [3.63, 3.8) is 0 Å². The third kappa shape index (κ3) is 4.40. The summed E-state index contributed by atoms with van der Waals surface area (Å²) in [6, 6.07) is 7.21. The summed E-state index contributed by atoms with van der Waals surface area (Å²) in [6.45, 7) is 2.36. The first-order chi connectivity index (χ1) is 12.6. The first-order valence-corrected chi connectivity index (χ1v) is 9.13. The molecule has 0 spiro atoms. The summed E-state index contributed by atoms with van der Waals surface area (Å²) in [5, 5.41) is 22.7. The summed E-state index contributed by atoms with van der Waals surface area (Å²) >= 11 is 1.08. The van der Waals surface area contributed by atoms with Crippen molar-refractivity contribution >= 4 is 28.9 Å². The molecule has 0 bridgehead atoms. The minimum Gasteiger partial charge on any atom is -0.492 e. The molecule has 2 aromatic rings. The molecule has 1 aliphatic rings. The normalized spacial score (nSPS) is 14.2. The Morgan fingerprint density at radius 2 is 2.15 bits per heavy atom. The third-order valence-corrected chi connectivity index (χ3v) is 5.06. The van der Waals surface area contributed by atoms with E-state index in [4.69, 9.17) is 9.84 Å². The molecule has 0 saturated heterocycles. The minimum absolute atomic E-state index is 0.0256. The van der Waals surface area contributed by atoms with Crippen molar-refractivity contribution in [3.05, 3.63) is 45.6 Å². The number of fused-ring (bicyclic) bond motifs is 1. The van der Waals surface area contributed by atoms with Crippen molar-refractivity contribution in [2.45, 2.75) is 19.6 Å². The number of carboxylic acid groups (broad SMARTS) is 1. The van der Waals surface area contributed by atoms with Gasteiger partial charge in [-0.3, -0.25) is 9.69 Å². The Kier molecular flexibility index (Phi) is 5.87. The molecule has 26 heavy (non-hydrogen) atoms. The zero-order valence-electron chi connectivity index (χ0n) is 14.1. The molecule has 0 atom stereocenters. The first kappa shape index (κ1) is 18.4. The molecular formula is C18H20N2O5S. The van der Waals surface area contributed by atoms with E-state index in [0.29, 0.717) is 31.9 Å². The quantitative estimate of drug-likeness (QED) is 0.715. The van der Waals surface area contributed by atoms with Gasteiger partial charge in [-0.2, -0.15) is 0 Å². The van der Waals surface area contributed by atoms with Crippen LogP contribution in [0.25, 0.3) is 0 Å². The van der Waals surface area contributed by atoms with Crippen LogP contribution in [0.3, 0.4) is 0 Å². The predicted molar refractivity (Wildman–Crippen MR) is 97.7 cm³/mol. The van der Waals surface area contributed by atoms with Gasteiger partial charge in [-0.25, -0.2) is 4.79 Å². The van der Waals surface area contributed by atoms with E-state index in [0.717, 1.165) is 28.2 Å². The fraction of sp³-hybridized carbons (Fsp3) is 0.333. The third-order valence-electron chi connectivity index (χ3n) is 4.16. The number of carbonyl (C=O) groups is 2. The lowest BCUT2D eigenvalue weighted by atomic mass is 10.1. The van der Waals surface area contributed by atoms with Gasteiger partial charge in [-0.15, -0.1) is 11.3 Å². The Morgan fingerprint density at radius 1 is 1.31 bits per heavy atom. The Morgan fingerprint density at radius 3 is 2.92 bits per heavy atom. The number of rotatable bonds is 6. The van der Waals surface area contributed by atoms with Crippen molar-refractivity contribution < 1.29 is 24.5 Å². The molecule has 0 radical (unpaired) electrons. The van der Waals surface area contributed by atoms with Gasteiger partial charge in [0.2, 0.25) is 5.91 Å².